The van der Waals surface area contributed by atoms with Gasteiger partial charge in [-0.15, -0.1) is 0 Å². The summed E-state index contributed by atoms with van der Waals surface area (Å²) in [6, 6.07) is 0. The van der Waals surface area contributed by atoms with Gasteiger partial charge in [-0.05, 0) is 12.8 Å². The van der Waals surface area contributed by atoms with Crippen LogP contribution in [0.2, 0.25) is 5.02 Å². The number of ether oxygens (including phenoxy) is 2. The zero-order valence-corrected chi connectivity index (χ0v) is 10.3. The van der Waals surface area contributed by atoms with Crippen molar-refractivity contribution in [3.05, 3.63) is 23.2 Å². The summed E-state index contributed by atoms with van der Waals surface area (Å²) in [5.74, 6) is 0.996. The highest BCUT2D eigenvalue weighted by atomic mass is 35.5. The van der Waals surface area contributed by atoms with E-state index in [4.69, 9.17) is 21.1 Å². The maximum Gasteiger partial charge on any atom is 0.168 e. The van der Waals surface area contributed by atoms with Crippen LogP contribution in [0, 0.1) is 0 Å². The zero-order chi connectivity index (χ0) is 11.7. The molecular formula is C12H15ClN2O2. The number of rotatable bonds is 1. The normalized spacial score (nSPS) is 24.3. The van der Waals surface area contributed by atoms with E-state index in [1.165, 1.54) is 0 Å². The van der Waals surface area contributed by atoms with Crippen molar-refractivity contribution in [3.63, 3.8) is 0 Å². The fraction of sp³-hybridized carbons (Fsp3) is 0.667. The van der Waals surface area contributed by atoms with Crippen LogP contribution in [0.1, 0.15) is 37.4 Å². The maximum absolute atomic E-state index is 5.78. The van der Waals surface area contributed by atoms with Gasteiger partial charge in [0.2, 0.25) is 0 Å². The Morgan fingerprint density at radius 2 is 1.71 bits per heavy atom. The van der Waals surface area contributed by atoms with Crippen LogP contribution in [0.15, 0.2) is 12.4 Å². The Bertz CT molecular complexity index is 380. The highest BCUT2D eigenvalue weighted by Gasteiger charge is 2.41. The van der Waals surface area contributed by atoms with E-state index < -0.39 is 0 Å². The Kier molecular flexibility index (Phi) is 3.03. The second kappa shape index (κ2) is 4.52. The molecule has 2 fully saturated rings. The quantitative estimate of drug-likeness (QED) is 0.773. The molecule has 2 aliphatic rings. The third-order valence-electron chi connectivity index (χ3n) is 3.57. The van der Waals surface area contributed by atoms with E-state index in [0.717, 1.165) is 44.7 Å². The van der Waals surface area contributed by atoms with E-state index in [2.05, 4.69) is 9.97 Å². The summed E-state index contributed by atoms with van der Waals surface area (Å²) in [7, 11) is 0. The number of hydrogen-bond acceptors (Lipinski definition) is 4. The first kappa shape index (κ1) is 11.4. The van der Waals surface area contributed by atoms with Crippen molar-refractivity contribution in [1.29, 1.82) is 0 Å². The van der Waals surface area contributed by atoms with Gasteiger partial charge in [-0.1, -0.05) is 11.6 Å². The first-order valence-corrected chi connectivity index (χ1v) is 6.41. The van der Waals surface area contributed by atoms with Crippen molar-refractivity contribution >= 4 is 11.6 Å². The summed E-state index contributed by atoms with van der Waals surface area (Å²) in [4.78, 5) is 8.58. The molecule has 1 saturated heterocycles. The lowest BCUT2D eigenvalue weighted by atomic mass is 9.84. The molecule has 0 atom stereocenters. The van der Waals surface area contributed by atoms with Crippen LogP contribution in [0.25, 0.3) is 0 Å². The van der Waals surface area contributed by atoms with Crippen molar-refractivity contribution in [3.8, 4) is 0 Å². The number of nitrogens with zero attached hydrogens (tertiary/aromatic N) is 2. The Morgan fingerprint density at radius 3 is 2.29 bits per heavy atom. The molecule has 1 aromatic rings. The van der Waals surface area contributed by atoms with Gasteiger partial charge in [-0.3, -0.25) is 0 Å². The molecule has 0 unspecified atom stereocenters. The monoisotopic (exact) mass is 254 g/mol. The number of hydrogen-bond donors (Lipinski definition) is 0. The molecule has 1 spiro atoms. The molecule has 1 aliphatic heterocycles. The molecule has 5 heteroatoms. The molecule has 0 bridgehead atoms. The highest BCUT2D eigenvalue weighted by molar-refractivity contribution is 6.30. The molecule has 2 heterocycles. The first-order valence-electron chi connectivity index (χ1n) is 6.03. The van der Waals surface area contributed by atoms with Gasteiger partial charge in [0, 0.05) is 31.2 Å². The molecule has 92 valence electrons. The minimum atomic E-state index is -0.303. The average molecular weight is 255 g/mol. The Morgan fingerprint density at radius 1 is 1.12 bits per heavy atom. The van der Waals surface area contributed by atoms with E-state index in [0.29, 0.717) is 10.9 Å². The van der Waals surface area contributed by atoms with Crippen LogP contribution in [-0.4, -0.2) is 29.0 Å². The molecule has 17 heavy (non-hydrogen) atoms. The lowest BCUT2D eigenvalue weighted by Gasteiger charge is -2.34. The van der Waals surface area contributed by atoms with Gasteiger partial charge in [0.15, 0.2) is 5.79 Å². The molecule has 0 N–H and O–H groups in total. The van der Waals surface area contributed by atoms with Crippen molar-refractivity contribution in [2.45, 2.75) is 37.4 Å². The van der Waals surface area contributed by atoms with Crippen LogP contribution in [0.3, 0.4) is 0 Å². The SMILES string of the molecule is Clc1cnc(C2CCC3(CC2)OCCO3)nc1. The summed E-state index contributed by atoms with van der Waals surface area (Å²) in [5, 5.41) is 0.587. The summed E-state index contributed by atoms with van der Waals surface area (Å²) < 4.78 is 11.4. The second-order valence-electron chi connectivity index (χ2n) is 4.64. The predicted octanol–water partition coefficient (Wildman–Crippen LogP) is 2.53. The lowest BCUT2D eigenvalue weighted by Crippen LogP contribution is -2.34. The molecule has 0 amide bonds. The molecule has 1 aliphatic carbocycles. The van der Waals surface area contributed by atoms with E-state index >= 15 is 0 Å². The standard InChI is InChI=1S/C12H15ClN2O2/c13-10-7-14-11(15-8-10)9-1-3-12(4-2-9)16-5-6-17-12/h7-9H,1-6H2. The first-order chi connectivity index (χ1) is 8.27. The van der Waals surface area contributed by atoms with E-state index in [-0.39, 0.29) is 5.79 Å². The maximum atomic E-state index is 5.78. The smallest absolute Gasteiger partial charge is 0.168 e. The van der Waals surface area contributed by atoms with Crippen molar-refractivity contribution in [2.24, 2.45) is 0 Å². The van der Waals surface area contributed by atoms with E-state index in [9.17, 15) is 0 Å². The summed E-state index contributed by atoms with van der Waals surface area (Å²) in [5.41, 5.74) is 0. The van der Waals surface area contributed by atoms with Crippen LogP contribution >= 0.6 is 11.6 Å². The molecule has 1 aromatic heterocycles. The fourth-order valence-electron chi connectivity index (χ4n) is 2.63. The second-order valence-corrected chi connectivity index (χ2v) is 5.08. The predicted molar refractivity (Wildman–Crippen MR) is 62.9 cm³/mol. The average Bonchev–Trinajstić information content (AvgIpc) is 2.80. The van der Waals surface area contributed by atoms with Crippen LogP contribution in [0.5, 0.6) is 0 Å². The molecule has 0 radical (unpaired) electrons. The van der Waals surface area contributed by atoms with Crippen LogP contribution < -0.4 is 0 Å². The van der Waals surface area contributed by atoms with Gasteiger partial charge < -0.3 is 9.47 Å². The summed E-state index contributed by atoms with van der Waals surface area (Å²) in [6.07, 6.45) is 7.23. The molecule has 3 rings (SSSR count). The topological polar surface area (TPSA) is 44.2 Å². The zero-order valence-electron chi connectivity index (χ0n) is 9.56. The highest BCUT2D eigenvalue weighted by Crippen LogP contribution is 2.41. The van der Waals surface area contributed by atoms with E-state index in [1.54, 1.807) is 12.4 Å². The van der Waals surface area contributed by atoms with E-state index in [1.807, 2.05) is 0 Å². The third kappa shape index (κ3) is 2.30. The summed E-state index contributed by atoms with van der Waals surface area (Å²) in [6.45, 7) is 1.45. The third-order valence-corrected chi connectivity index (χ3v) is 3.76. The van der Waals surface area contributed by atoms with Crippen LogP contribution in [-0.2, 0) is 9.47 Å². The fourth-order valence-corrected chi connectivity index (χ4v) is 2.73. The summed E-state index contributed by atoms with van der Waals surface area (Å²) >= 11 is 5.78. The molecule has 4 nitrogen and oxygen atoms in total. The van der Waals surface area contributed by atoms with Gasteiger partial charge in [-0.2, -0.15) is 0 Å². The lowest BCUT2D eigenvalue weighted by molar-refractivity contribution is -0.179. The van der Waals surface area contributed by atoms with Gasteiger partial charge >= 0.3 is 0 Å². The Hall–Kier alpha value is -0.710. The Balaban J connectivity index is 1.66. The largest absolute Gasteiger partial charge is 0.348 e. The van der Waals surface area contributed by atoms with Gasteiger partial charge in [0.25, 0.3) is 0 Å². The minimum absolute atomic E-state index is 0.303. The van der Waals surface area contributed by atoms with Crippen molar-refractivity contribution in [2.75, 3.05) is 13.2 Å². The van der Waals surface area contributed by atoms with Crippen molar-refractivity contribution in [1.82, 2.24) is 9.97 Å². The molecule has 0 aromatic carbocycles. The van der Waals surface area contributed by atoms with Crippen LogP contribution in [0.4, 0.5) is 0 Å². The Labute approximate surface area is 105 Å². The number of halogens is 1. The van der Waals surface area contributed by atoms with Gasteiger partial charge in [0.1, 0.15) is 5.82 Å². The van der Waals surface area contributed by atoms with Gasteiger partial charge in [-0.25, -0.2) is 9.97 Å². The molecular weight excluding hydrogens is 240 g/mol. The van der Waals surface area contributed by atoms with Crippen molar-refractivity contribution < 1.29 is 9.47 Å². The van der Waals surface area contributed by atoms with Gasteiger partial charge in [0.05, 0.1) is 18.2 Å². The molecule has 1 saturated carbocycles. The minimum Gasteiger partial charge on any atom is -0.348 e. The number of aromatic nitrogens is 2.